The first-order valence-electron chi connectivity index (χ1n) is 16.2. The zero-order valence-electron chi connectivity index (χ0n) is 27.4. The summed E-state index contributed by atoms with van der Waals surface area (Å²) in [6, 6.07) is 15.5. The molecule has 0 fully saturated rings. The van der Waals surface area contributed by atoms with Gasteiger partial charge in [-0.2, -0.15) is 0 Å². The maximum absolute atomic E-state index is 15.8. The van der Waals surface area contributed by atoms with Crippen molar-refractivity contribution in [2.75, 3.05) is 6.61 Å². The predicted octanol–water partition coefficient (Wildman–Crippen LogP) is 9.04. The van der Waals surface area contributed by atoms with Gasteiger partial charge in [0.05, 0.1) is 21.0 Å². The monoisotopic (exact) mass is 682 g/mol. The van der Waals surface area contributed by atoms with Gasteiger partial charge < -0.3 is 24.5 Å². The first-order valence-corrected chi connectivity index (χ1v) is 17.0. The van der Waals surface area contributed by atoms with E-state index in [-0.39, 0.29) is 23.5 Å². The molecule has 11 heteroatoms. The number of nitrogens with one attached hydrogen (secondary N) is 2. The molecule has 49 heavy (non-hydrogen) atoms. The van der Waals surface area contributed by atoms with Crippen molar-refractivity contribution in [2.24, 2.45) is 0 Å². The number of hydrogen-bond donors (Lipinski definition) is 3. The highest BCUT2D eigenvalue weighted by Gasteiger charge is 2.33. The molecule has 3 N–H and O–H groups in total. The molecule has 4 heterocycles. The molecule has 1 aliphatic heterocycles. The van der Waals surface area contributed by atoms with Crippen LogP contribution < -0.4 is 4.74 Å². The Balaban J connectivity index is 1.34. The van der Waals surface area contributed by atoms with Crippen LogP contribution in [0.15, 0.2) is 73.2 Å². The van der Waals surface area contributed by atoms with Crippen LogP contribution in [0.3, 0.4) is 0 Å². The number of fused-ring (bicyclic) bond motifs is 10. The molecule has 0 aliphatic carbocycles. The Morgan fingerprint density at radius 2 is 1.90 bits per heavy atom. The Morgan fingerprint density at radius 3 is 2.73 bits per heavy atom. The van der Waals surface area contributed by atoms with E-state index >= 15 is 8.78 Å². The molecule has 1 unspecified atom stereocenters. The van der Waals surface area contributed by atoms with Gasteiger partial charge in [-0.05, 0) is 75.4 Å². The van der Waals surface area contributed by atoms with E-state index in [4.69, 9.17) is 14.5 Å². The molecular formula is C38H36F2N4O4S. The van der Waals surface area contributed by atoms with Gasteiger partial charge in [-0.1, -0.05) is 24.3 Å². The van der Waals surface area contributed by atoms with Crippen molar-refractivity contribution in [3.8, 4) is 22.9 Å². The van der Waals surface area contributed by atoms with Crippen LogP contribution in [0.4, 0.5) is 8.78 Å². The molecule has 1 aliphatic rings. The van der Waals surface area contributed by atoms with Gasteiger partial charge in [-0.15, -0.1) is 11.3 Å². The normalized spacial score (nSPS) is 17.8. The SMILES string of the molecule is CC1(C)OCCCC(C)(c2cccc(CCC(=O)O)c2)c2cnc([nH]2)-c2cc(ccc2F)Oc2c(F)cc3[nH]ccc3c2Cc2ncc1s2. The molecule has 7 rings (SSSR count). The van der Waals surface area contributed by atoms with Crippen molar-refractivity contribution >= 4 is 28.2 Å². The number of aromatic nitrogens is 4. The Bertz CT molecular complexity index is 2170. The van der Waals surface area contributed by atoms with Crippen molar-refractivity contribution in [2.45, 2.75) is 63.9 Å². The fraction of sp³-hybridized carbons (Fsp3) is 0.289. The molecule has 0 radical (unpaired) electrons. The number of ether oxygens (including phenoxy) is 2. The van der Waals surface area contributed by atoms with E-state index in [9.17, 15) is 9.90 Å². The van der Waals surface area contributed by atoms with E-state index in [0.29, 0.717) is 49.2 Å². The first-order chi connectivity index (χ1) is 23.5. The second kappa shape index (κ2) is 12.9. The molecule has 8 nitrogen and oxygen atoms in total. The number of imidazole rings is 1. The highest BCUT2D eigenvalue weighted by atomic mass is 32.1. The number of aliphatic carboxylic acids is 1. The summed E-state index contributed by atoms with van der Waals surface area (Å²) in [4.78, 5) is 28.0. The van der Waals surface area contributed by atoms with Crippen LogP contribution in [0.5, 0.6) is 11.5 Å². The molecule has 3 aromatic heterocycles. The Labute approximate surface area is 286 Å². The van der Waals surface area contributed by atoms with Gasteiger partial charge in [-0.3, -0.25) is 4.79 Å². The second-order valence-corrected chi connectivity index (χ2v) is 14.3. The summed E-state index contributed by atoms with van der Waals surface area (Å²) in [5.74, 6) is -1.31. The van der Waals surface area contributed by atoms with Gasteiger partial charge in [-0.25, -0.2) is 18.7 Å². The van der Waals surface area contributed by atoms with Gasteiger partial charge in [0.25, 0.3) is 0 Å². The summed E-state index contributed by atoms with van der Waals surface area (Å²) in [5, 5.41) is 10.9. The minimum absolute atomic E-state index is 0.0265. The third-order valence-electron chi connectivity index (χ3n) is 9.40. The average Bonchev–Trinajstić information content (AvgIpc) is 3.86. The van der Waals surface area contributed by atoms with E-state index in [1.807, 2.05) is 50.4 Å². The number of thiazole rings is 1. The molecule has 252 valence electrons. The number of carboxylic acids is 1. The summed E-state index contributed by atoms with van der Waals surface area (Å²) in [5.41, 5.74) is 2.86. The first kappa shape index (κ1) is 32.7. The zero-order chi connectivity index (χ0) is 34.3. The lowest BCUT2D eigenvalue weighted by Crippen LogP contribution is -2.26. The minimum atomic E-state index is -0.855. The molecule has 0 spiro atoms. The maximum Gasteiger partial charge on any atom is 0.303 e. The standard InChI is InChI=1S/C38H36F2N4O4S/c1-37(2)32-21-42-33(49-32)18-26-25-12-14-41-30(25)19-29(40)35(26)48-24-9-10-28(39)27(17-24)36-43-20-31(44-36)38(3,13-5-15-47-37)23-7-4-6-22(16-23)8-11-34(45)46/h4,6-7,9-10,12,14,16-17,19-21,41H,5,8,11,13,15,18H2,1-3H3,(H,43,44)(H,45,46). The van der Waals surface area contributed by atoms with Crippen molar-refractivity contribution < 1.29 is 28.2 Å². The lowest BCUT2D eigenvalue weighted by atomic mass is 9.75. The number of aromatic amines is 2. The van der Waals surface area contributed by atoms with Crippen LogP contribution >= 0.6 is 11.3 Å². The molecule has 6 bridgehead atoms. The van der Waals surface area contributed by atoms with Gasteiger partial charge in [0.2, 0.25) is 0 Å². The summed E-state index contributed by atoms with van der Waals surface area (Å²) < 4.78 is 43.9. The van der Waals surface area contributed by atoms with E-state index < -0.39 is 28.6 Å². The van der Waals surface area contributed by atoms with Crippen LogP contribution in [0.2, 0.25) is 0 Å². The van der Waals surface area contributed by atoms with Crippen molar-refractivity contribution in [3.63, 3.8) is 0 Å². The van der Waals surface area contributed by atoms with Crippen LogP contribution in [-0.4, -0.2) is 37.6 Å². The second-order valence-electron chi connectivity index (χ2n) is 13.2. The molecule has 0 saturated carbocycles. The summed E-state index contributed by atoms with van der Waals surface area (Å²) in [6.45, 7) is 6.59. The maximum atomic E-state index is 15.8. The van der Waals surface area contributed by atoms with Crippen LogP contribution in [0.25, 0.3) is 22.3 Å². The van der Waals surface area contributed by atoms with Crippen LogP contribution in [-0.2, 0) is 33.4 Å². The Hall–Kier alpha value is -4.87. The van der Waals surface area contributed by atoms with Gasteiger partial charge in [0.1, 0.15) is 17.4 Å². The number of carboxylic acid groups (broad SMARTS) is 1. The summed E-state index contributed by atoms with van der Waals surface area (Å²) in [7, 11) is 0. The number of H-pyrrole nitrogens is 2. The zero-order valence-corrected chi connectivity index (χ0v) is 28.2. The number of hydrogen-bond acceptors (Lipinski definition) is 6. The third kappa shape index (κ3) is 6.48. The predicted molar refractivity (Wildman–Crippen MR) is 184 cm³/mol. The molecule has 0 amide bonds. The number of aryl methyl sites for hydroxylation is 1. The van der Waals surface area contributed by atoms with E-state index in [1.54, 1.807) is 12.4 Å². The minimum Gasteiger partial charge on any atom is -0.481 e. The number of rotatable bonds is 4. The fourth-order valence-electron chi connectivity index (χ4n) is 6.52. The van der Waals surface area contributed by atoms with Crippen LogP contribution in [0, 0.1) is 11.6 Å². The fourth-order valence-corrected chi connectivity index (χ4v) is 7.50. The number of carbonyl (C=O) groups is 1. The van der Waals surface area contributed by atoms with Crippen molar-refractivity contribution in [3.05, 3.63) is 117 Å². The van der Waals surface area contributed by atoms with E-state index in [2.05, 4.69) is 21.9 Å². The van der Waals surface area contributed by atoms with Crippen molar-refractivity contribution in [1.82, 2.24) is 19.9 Å². The van der Waals surface area contributed by atoms with E-state index in [0.717, 1.165) is 32.1 Å². The molecule has 0 saturated heterocycles. The Morgan fingerprint density at radius 1 is 1.04 bits per heavy atom. The largest absolute Gasteiger partial charge is 0.481 e. The Kier molecular flexibility index (Phi) is 8.58. The van der Waals surface area contributed by atoms with Gasteiger partial charge >= 0.3 is 5.97 Å². The number of benzene rings is 3. The number of nitrogens with zero attached hydrogens (tertiary/aromatic N) is 2. The highest BCUT2D eigenvalue weighted by Crippen LogP contribution is 2.41. The average molecular weight is 683 g/mol. The molecule has 6 aromatic rings. The summed E-state index contributed by atoms with van der Waals surface area (Å²) >= 11 is 1.51. The van der Waals surface area contributed by atoms with Crippen LogP contribution in [0.1, 0.15) is 72.3 Å². The summed E-state index contributed by atoms with van der Waals surface area (Å²) in [6.07, 6.45) is 7.39. The lowest BCUT2D eigenvalue weighted by molar-refractivity contribution is -0.136. The smallest absolute Gasteiger partial charge is 0.303 e. The van der Waals surface area contributed by atoms with Crippen molar-refractivity contribution in [1.29, 1.82) is 0 Å². The van der Waals surface area contributed by atoms with Gasteiger partial charge in [0.15, 0.2) is 11.6 Å². The molecular weight excluding hydrogens is 647 g/mol. The van der Waals surface area contributed by atoms with Gasteiger partial charge in [0, 0.05) is 71.7 Å². The molecule has 1 atom stereocenters. The van der Waals surface area contributed by atoms with E-state index in [1.165, 1.54) is 35.6 Å². The highest BCUT2D eigenvalue weighted by molar-refractivity contribution is 7.11. The molecule has 3 aromatic carbocycles. The quantitative estimate of drug-likeness (QED) is 0.171. The number of halogens is 2. The topological polar surface area (TPSA) is 113 Å². The third-order valence-corrected chi connectivity index (χ3v) is 10.7. The lowest BCUT2D eigenvalue weighted by Gasteiger charge is -2.31.